The van der Waals surface area contributed by atoms with Gasteiger partial charge in [0.2, 0.25) is 5.88 Å². The molecule has 2 aromatic heterocycles. The van der Waals surface area contributed by atoms with E-state index in [1.807, 2.05) is 36.5 Å². The first-order valence-electron chi connectivity index (χ1n) is 10.2. The molecule has 1 aromatic carbocycles. The first kappa shape index (κ1) is 19.0. The van der Waals surface area contributed by atoms with E-state index in [0.29, 0.717) is 23.5 Å². The first-order chi connectivity index (χ1) is 14.6. The second-order valence-electron chi connectivity index (χ2n) is 8.36. The van der Waals surface area contributed by atoms with Gasteiger partial charge in [0, 0.05) is 31.0 Å². The first-order valence-corrected chi connectivity index (χ1v) is 10.2. The smallest absolute Gasteiger partial charge is 0.237 e. The molecule has 0 atom stereocenters. The highest BCUT2D eigenvalue weighted by Gasteiger charge is 2.44. The molecule has 8 nitrogen and oxygen atoms in total. The maximum absolute atomic E-state index is 11.3. The molecule has 2 saturated heterocycles. The molecule has 0 radical (unpaired) electrons. The molecule has 0 bridgehead atoms. The van der Waals surface area contributed by atoms with Gasteiger partial charge in [-0.3, -0.25) is 9.69 Å². The van der Waals surface area contributed by atoms with Gasteiger partial charge in [-0.25, -0.2) is 9.50 Å². The number of carbonyl (C=O) groups is 1. The van der Waals surface area contributed by atoms with Crippen LogP contribution in [0.3, 0.4) is 0 Å². The van der Waals surface area contributed by atoms with Gasteiger partial charge in [-0.05, 0) is 37.1 Å². The maximum atomic E-state index is 11.3. The number of imidazole rings is 1. The highest BCUT2D eigenvalue weighted by Crippen LogP contribution is 2.37. The fraction of sp³-hybridized carbons (Fsp3) is 0.409. The Bertz CT molecular complexity index is 1080. The lowest BCUT2D eigenvalue weighted by atomic mass is 9.85. The van der Waals surface area contributed by atoms with Gasteiger partial charge in [0.1, 0.15) is 17.4 Å². The van der Waals surface area contributed by atoms with Crippen molar-refractivity contribution < 1.29 is 14.3 Å². The fourth-order valence-corrected chi connectivity index (χ4v) is 4.11. The van der Waals surface area contributed by atoms with Crippen molar-refractivity contribution >= 4 is 17.2 Å². The molecule has 30 heavy (non-hydrogen) atoms. The maximum Gasteiger partial charge on any atom is 0.237 e. The van der Waals surface area contributed by atoms with E-state index < -0.39 is 0 Å². The van der Waals surface area contributed by atoms with Gasteiger partial charge in [-0.2, -0.15) is 0 Å². The molecule has 5 rings (SSSR count). The molecule has 2 fully saturated rings. The average molecular weight is 407 g/mol. The molecule has 1 N–H and O–H groups in total. The van der Waals surface area contributed by atoms with E-state index in [1.54, 1.807) is 17.5 Å². The molecule has 3 aromatic rings. The monoisotopic (exact) mass is 407 g/mol. The summed E-state index contributed by atoms with van der Waals surface area (Å²) >= 11 is 0. The summed E-state index contributed by atoms with van der Waals surface area (Å²) in [7, 11) is 0. The molecule has 156 valence electrons. The van der Waals surface area contributed by atoms with E-state index in [1.165, 1.54) is 6.42 Å². The molecular weight excluding hydrogens is 382 g/mol. The number of nitrogens with one attached hydrogen (secondary N) is 1. The van der Waals surface area contributed by atoms with Gasteiger partial charge in [0.05, 0.1) is 26.1 Å². The number of fused-ring (bicyclic) bond motifs is 1. The van der Waals surface area contributed by atoms with Crippen LogP contribution in [0.1, 0.15) is 18.9 Å². The van der Waals surface area contributed by atoms with Crippen LogP contribution < -0.4 is 10.1 Å². The van der Waals surface area contributed by atoms with Crippen LogP contribution in [0, 0.1) is 5.41 Å². The third kappa shape index (κ3) is 4.01. The summed E-state index contributed by atoms with van der Waals surface area (Å²) in [6, 6.07) is 11.2. The lowest BCUT2D eigenvalue weighted by molar-refractivity contribution is -0.116. The van der Waals surface area contributed by atoms with Crippen LogP contribution in [-0.2, 0) is 16.0 Å². The van der Waals surface area contributed by atoms with Crippen molar-refractivity contribution in [1.29, 1.82) is 0 Å². The number of carbonyl (C=O) groups excluding carboxylic acids is 1. The Morgan fingerprint density at radius 2 is 2.20 bits per heavy atom. The van der Waals surface area contributed by atoms with Crippen LogP contribution in [0.2, 0.25) is 0 Å². The molecular formula is C22H25N5O3. The molecule has 8 heteroatoms. The summed E-state index contributed by atoms with van der Waals surface area (Å²) in [6.45, 7) is 6.29. The standard InChI is InChI=1S/C22H25N5O3/c1-16(28)9-17-3-2-4-18(10-17)30-21-6-5-20-24-19(11-27(20)25-21)23-15-26-8-7-22(12-26)13-29-14-22/h2-6,10-11,23H,7-9,12-15H2,1H3. The third-order valence-corrected chi connectivity index (χ3v) is 5.69. The second kappa shape index (κ2) is 7.70. The summed E-state index contributed by atoms with van der Waals surface area (Å²) in [5, 5.41) is 7.90. The Balaban J connectivity index is 1.23. The predicted octanol–water partition coefficient (Wildman–Crippen LogP) is 2.74. The summed E-state index contributed by atoms with van der Waals surface area (Å²) in [5.74, 6) is 2.03. The third-order valence-electron chi connectivity index (χ3n) is 5.69. The highest BCUT2D eigenvalue weighted by atomic mass is 16.5. The van der Waals surface area contributed by atoms with E-state index in [2.05, 4.69) is 20.3 Å². The van der Waals surface area contributed by atoms with Gasteiger partial charge < -0.3 is 14.8 Å². The minimum absolute atomic E-state index is 0.121. The van der Waals surface area contributed by atoms with Crippen LogP contribution in [0.4, 0.5) is 5.82 Å². The van der Waals surface area contributed by atoms with Gasteiger partial charge in [0.15, 0.2) is 5.65 Å². The second-order valence-corrected chi connectivity index (χ2v) is 8.36. The van der Waals surface area contributed by atoms with Gasteiger partial charge >= 0.3 is 0 Å². The number of hydrogen-bond donors (Lipinski definition) is 1. The number of likely N-dealkylation sites (tertiary alicyclic amines) is 1. The number of anilines is 1. The summed E-state index contributed by atoms with van der Waals surface area (Å²) < 4.78 is 13.0. The minimum atomic E-state index is 0.121. The van der Waals surface area contributed by atoms with E-state index in [4.69, 9.17) is 9.47 Å². The van der Waals surface area contributed by atoms with E-state index >= 15 is 0 Å². The molecule has 0 aliphatic carbocycles. The average Bonchev–Trinajstić information content (AvgIpc) is 3.30. The Morgan fingerprint density at radius 3 is 2.97 bits per heavy atom. The number of ketones is 1. The van der Waals surface area contributed by atoms with Crippen LogP contribution in [-0.4, -0.2) is 58.3 Å². The van der Waals surface area contributed by atoms with Gasteiger partial charge in [-0.1, -0.05) is 12.1 Å². The quantitative estimate of drug-likeness (QED) is 0.645. The lowest BCUT2D eigenvalue weighted by Crippen LogP contribution is -2.45. The van der Waals surface area contributed by atoms with Crippen molar-refractivity contribution in [2.45, 2.75) is 19.8 Å². The molecule has 0 saturated carbocycles. The fourth-order valence-electron chi connectivity index (χ4n) is 4.11. The number of benzene rings is 1. The normalized spacial score (nSPS) is 17.9. The van der Waals surface area contributed by atoms with Crippen molar-refractivity contribution in [3.8, 4) is 11.6 Å². The Hall–Kier alpha value is -2.97. The largest absolute Gasteiger partial charge is 0.438 e. The molecule has 2 aliphatic heterocycles. The topological polar surface area (TPSA) is 81.0 Å². The van der Waals surface area contributed by atoms with Gasteiger partial charge in [-0.15, -0.1) is 5.10 Å². The number of rotatable bonds is 7. The van der Waals surface area contributed by atoms with Crippen LogP contribution in [0.5, 0.6) is 11.6 Å². The molecule has 0 amide bonds. The molecule has 2 aliphatic rings. The number of Topliss-reactive ketones (excluding diaryl/α,β-unsaturated/α-hetero) is 1. The summed E-state index contributed by atoms with van der Waals surface area (Å²) in [5.41, 5.74) is 2.06. The summed E-state index contributed by atoms with van der Waals surface area (Å²) in [4.78, 5) is 18.3. The van der Waals surface area contributed by atoms with Crippen LogP contribution in [0.15, 0.2) is 42.6 Å². The van der Waals surface area contributed by atoms with Crippen molar-refractivity contribution in [3.63, 3.8) is 0 Å². The van der Waals surface area contributed by atoms with Crippen LogP contribution in [0.25, 0.3) is 5.65 Å². The molecule has 0 unspecified atom stereocenters. The number of nitrogens with zero attached hydrogens (tertiary/aromatic N) is 4. The van der Waals surface area contributed by atoms with Gasteiger partial charge in [0.25, 0.3) is 0 Å². The van der Waals surface area contributed by atoms with Crippen molar-refractivity contribution in [1.82, 2.24) is 19.5 Å². The number of aromatic nitrogens is 3. The Kier molecular flexibility index (Phi) is 4.88. The Morgan fingerprint density at radius 1 is 1.30 bits per heavy atom. The zero-order valence-electron chi connectivity index (χ0n) is 17.0. The van der Waals surface area contributed by atoms with E-state index in [0.717, 1.165) is 50.0 Å². The highest BCUT2D eigenvalue weighted by molar-refractivity contribution is 5.78. The van der Waals surface area contributed by atoms with Crippen molar-refractivity contribution in [2.24, 2.45) is 5.41 Å². The van der Waals surface area contributed by atoms with E-state index in [9.17, 15) is 4.79 Å². The predicted molar refractivity (Wildman–Crippen MR) is 112 cm³/mol. The van der Waals surface area contributed by atoms with E-state index in [-0.39, 0.29) is 5.78 Å². The number of hydrogen-bond acceptors (Lipinski definition) is 7. The number of ether oxygens (including phenoxy) is 2. The van der Waals surface area contributed by atoms with Crippen LogP contribution >= 0.6 is 0 Å². The van der Waals surface area contributed by atoms with Crippen molar-refractivity contribution in [2.75, 3.05) is 38.3 Å². The van der Waals surface area contributed by atoms with Crippen molar-refractivity contribution in [3.05, 3.63) is 48.2 Å². The molecule has 1 spiro atoms. The zero-order valence-corrected chi connectivity index (χ0v) is 17.0. The minimum Gasteiger partial charge on any atom is -0.438 e. The zero-order chi connectivity index (χ0) is 20.6. The summed E-state index contributed by atoms with van der Waals surface area (Å²) in [6.07, 6.45) is 3.47. The molecule has 4 heterocycles. The Labute approximate surface area is 174 Å². The SMILES string of the molecule is CC(=O)Cc1cccc(Oc2ccc3nc(NCN4CCC5(COC5)C4)cn3n2)c1. The lowest BCUT2D eigenvalue weighted by Gasteiger charge is -2.37.